The average Bonchev–Trinajstić information content (AvgIpc) is 3.00. The van der Waals surface area contributed by atoms with Crippen LogP contribution in [0.2, 0.25) is 0 Å². The Morgan fingerprint density at radius 3 is 2.33 bits per heavy atom. The van der Waals surface area contributed by atoms with Crippen LogP contribution in [0.4, 0.5) is 5.69 Å². The molecule has 0 aliphatic heterocycles. The van der Waals surface area contributed by atoms with Gasteiger partial charge in [0.25, 0.3) is 0 Å². The van der Waals surface area contributed by atoms with E-state index in [9.17, 15) is 4.79 Å². The summed E-state index contributed by atoms with van der Waals surface area (Å²) in [5.74, 6) is 0.729. The summed E-state index contributed by atoms with van der Waals surface area (Å²) < 4.78 is 1.97. The first-order chi connectivity index (χ1) is 13.1. The van der Waals surface area contributed by atoms with Crippen molar-refractivity contribution in [3.63, 3.8) is 0 Å². The number of carbonyl (C=O) groups excluding carboxylic acids is 1. The topological polar surface area (TPSA) is 46.9 Å². The Morgan fingerprint density at radius 2 is 1.59 bits per heavy atom. The van der Waals surface area contributed by atoms with Crippen molar-refractivity contribution in [3.8, 4) is 11.4 Å². The van der Waals surface area contributed by atoms with E-state index in [-0.39, 0.29) is 12.5 Å². The zero-order valence-electron chi connectivity index (χ0n) is 15.4. The highest BCUT2D eigenvalue weighted by Crippen LogP contribution is 2.25. The maximum Gasteiger partial charge on any atom is 0.244 e. The summed E-state index contributed by atoms with van der Waals surface area (Å²) in [6, 6.07) is 23.9. The van der Waals surface area contributed by atoms with E-state index in [0.717, 1.165) is 39.2 Å². The van der Waals surface area contributed by atoms with Gasteiger partial charge < -0.3 is 9.88 Å². The molecule has 134 valence electrons. The van der Waals surface area contributed by atoms with Gasteiger partial charge in [0.15, 0.2) is 0 Å². The molecule has 0 saturated carbocycles. The minimum absolute atomic E-state index is 0.0691. The van der Waals surface area contributed by atoms with Gasteiger partial charge >= 0.3 is 0 Å². The van der Waals surface area contributed by atoms with Gasteiger partial charge in [-0.05, 0) is 49.2 Å². The minimum atomic E-state index is -0.0691. The fourth-order valence-corrected chi connectivity index (χ4v) is 3.43. The Kier molecular flexibility index (Phi) is 4.47. The predicted octanol–water partition coefficient (Wildman–Crippen LogP) is 4.96. The monoisotopic (exact) mass is 355 g/mol. The molecule has 27 heavy (non-hydrogen) atoms. The molecule has 0 saturated heterocycles. The number of aryl methyl sites for hydroxylation is 2. The van der Waals surface area contributed by atoms with Crippen molar-refractivity contribution in [1.29, 1.82) is 0 Å². The van der Waals surface area contributed by atoms with E-state index in [4.69, 9.17) is 4.98 Å². The number of nitrogens with zero attached hydrogens (tertiary/aromatic N) is 2. The zero-order chi connectivity index (χ0) is 18.8. The van der Waals surface area contributed by atoms with Crippen molar-refractivity contribution >= 4 is 22.6 Å². The Hall–Kier alpha value is -3.40. The van der Waals surface area contributed by atoms with E-state index < -0.39 is 0 Å². The summed E-state index contributed by atoms with van der Waals surface area (Å²) in [5.41, 5.74) is 5.91. The van der Waals surface area contributed by atoms with E-state index in [2.05, 4.69) is 11.4 Å². The minimum Gasteiger partial charge on any atom is -0.325 e. The number of imidazole rings is 1. The first-order valence-electron chi connectivity index (χ1n) is 8.99. The van der Waals surface area contributed by atoms with Crippen LogP contribution in [0.15, 0.2) is 72.8 Å². The highest BCUT2D eigenvalue weighted by Gasteiger charge is 2.15. The van der Waals surface area contributed by atoms with Crippen LogP contribution in [0.25, 0.3) is 22.4 Å². The largest absolute Gasteiger partial charge is 0.325 e. The second kappa shape index (κ2) is 7.08. The van der Waals surface area contributed by atoms with Crippen LogP contribution in [-0.2, 0) is 11.3 Å². The van der Waals surface area contributed by atoms with Gasteiger partial charge in [-0.25, -0.2) is 4.98 Å². The molecule has 0 fully saturated rings. The number of hydrogen-bond acceptors (Lipinski definition) is 2. The van der Waals surface area contributed by atoms with Gasteiger partial charge in [-0.2, -0.15) is 0 Å². The van der Waals surface area contributed by atoms with Crippen LogP contribution in [0.3, 0.4) is 0 Å². The van der Waals surface area contributed by atoms with Gasteiger partial charge in [0.2, 0.25) is 5.91 Å². The maximum absolute atomic E-state index is 12.8. The maximum atomic E-state index is 12.8. The number of aromatic nitrogens is 2. The lowest BCUT2D eigenvalue weighted by atomic mass is 10.1. The second-order valence-corrected chi connectivity index (χ2v) is 6.80. The highest BCUT2D eigenvalue weighted by molar-refractivity contribution is 5.92. The van der Waals surface area contributed by atoms with Crippen LogP contribution >= 0.6 is 0 Å². The molecule has 0 aliphatic rings. The lowest BCUT2D eigenvalue weighted by Gasteiger charge is -2.11. The normalized spacial score (nSPS) is 10.9. The molecule has 1 amide bonds. The van der Waals surface area contributed by atoms with Crippen LogP contribution in [0.1, 0.15) is 11.1 Å². The Bertz CT molecular complexity index is 1090. The molecule has 0 atom stereocenters. The number of para-hydroxylation sites is 2. The summed E-state index contributed by atoms with van der Waals surface area (Å²) >= 11 is 0. The number of amides is 1. The van der Waals surface area contributed by atoms with Crippen molar-refractivity contribution in [2.45, 2.75) is 20.4 Å². The molecule has 0 bridgehead atoms. The fraction of sp³-hybridized carbons (Fsp3) is 0.130. The number of benzene rings is 3. The molecule has 4 rings (SSSR count). The van der Waals surface area contributed by atoms with E-state index in [1.165, 1.54) is 0 Å². The van der Waals surface area contributed by atoms with Gasteiger partial charge in [-0.15, -0.1) is 0 Å². The van der Waals surface area contributed by atoms with Crippen molar-refractivity contribution in [2.24, 2.45) is 0 Å². The summed E-state index contributed by atoms with van der Waals surface area (Å²) in [7, 11) is 0. The molecule has 3 aromatic carbocycles. The SMILES string of the molecule is Cc1cc(C)cc(NC(=O)Cn2c(-c3ccccc3)nc3ccccc32)c1. The van der Waals surface area contributed by atoms with Crippen LogP contribution < -0.4 is 5.32 Å². The summed E-state index contributed by atoms with van der Waals surface area (Å²) in [4.78, 5) is 17.5. The molecule has 0 aliphatic carbocycles. The third kappa shape index (κ3) is 3.60. The van der Waals surface area contributed by atoms with Gasteiger partial charge in [-0.1, -0.05) is 48.5 Å². The van der Waals surface area contributed by atoms with Crippen molar-refractivity contribution in [1.82, 2.24) is 9.55 Å². The fourth-order valence-electron chi connectivity index (χ4n) is 3.43. The molecule has 0 radical (unpaired) electrons. The molecule has 4 heteroatoms. The number of rotatable bonds is 4. The van der Waals surface area contributed by atoms with Gasteiger partial charge in [0.1, 0.15) is 12.4 Å². The summed E-state index contributed by atoms with van der Waals surface area (Å²) in [5, 5.41) is 3.02. The number of carbonyl (C=O) groups is 1. The third-order valence-electron chi connectivity index (χ3n) is 4.49. The number of nitrogens with one attached hydrogen (secondary N) is 1. The molecule has 1 aromatic heterocycles. The van der Waals surface area contributed by atoms with Gasteiger partial charge in [0, 0.05) is 11.3 Å². The Balaban J connectivity index is 1.69. The predicted molar refractivity (Wildman–Crippen MR) is 110 cm³/mol. The van der Waals surface area contributed by atoms with E-state index in [1.807, 2.05) is 85.1 Å². The highest BCUT2D eigenvalue weighted by atomic mass is 16.1. The Morgan fingerprint density at radius 1 is 0.926 bits per heavy atom. The van der Waals surface area contributed by atoms with Crippen molar-refractivity contribution < 1.29 is 4.79 Å². The number of hydrogen-bond donors (Lipinski definition) is 1. The molecule has 1 N–H and O–H groups in total. The molecular weight excluding hydrogens is 334 g/mol. The smallest absolute Gasteiger partial charge is 0.244 e. The zero-order valence-corrected chi connectivity index (χ0v) is 15.4. The first kappa shape index (κ1) is 17.0. The molecule has 4 nitrogen and oxygen atoms in total. The summed E-state index contributed by atoms with van der Waals surface area (Å²) in [6.45, 7) is 4.26. The van der Waals surface area contributed by atoms with Crippen LogP contribution in [-0.4, -0.2) is 15.5 Å². The summed E-state index contributed by atoms with van der Waals surface area (Å²) in [6.07, 6.45) is 0. The lowest BCUT2D eigenvalue weighted by Crippen LogP contribution is -2.19. The molecule has 1 heterocycles. The Labute approximate surface area is 158 Å². The average molecular weight is 355 g/mol. The third-order valence-corrected chi connectivity index (χ3v) is 4.49. The molecule has 0 unspecified atom stereocenters. The lowest BCUT2D eigenvalue weighted by molar-refractivity contribution is -0.116. The number of anilines is 1. The van der Waals surface area contributed by atoms with Crippen LogP contribution in [0, 0.1) is 13.8 Å². The van der Waals surface area contributed by atoms with E-state index >= 15 is 0 Å². The van der Waals surface area contributed by atoms with Crippen LogP contribution in [0.5, 0.6) is 0 Å². The number of fused-ring (bicyclic) bond motifs is 1. The van der Waals surface area contributed by atoms with E-state index in [1.54, 1.807) is 0 Å². The second-order valence-electron chi connectivity index (χ2n) is 6.80. The van der Waals surface area contributed by atoms with Crippen molar-refractivity contribution in [2.75, 3.05) is 5.32 Å². The van der Waals surface area contributed by atoms with Gasteiger partial charge in [0.05, 0.1) is 11.0 Å². The van der Waals surface area contributed by atoms with E-state index in [0.29, 0.717) is 0 Å². The van der Waals surface area contributed by atoms with Crippen molar-refractivity contribution in [3.05, 3.63) is 83.9 Å². The molecule has 0 spiro atoms. The first-order valence-corrected chi connectivity index (χ1v) is 8.99. The molecular formula is C23H21N3O. The molecule has 4 aromatic rings. The quantitative estimate of drug-likeness (QED) is 0.562. The van der Waals surface area contributed by atoms with Gasteiger partial charge in [-0.3, -0.25) is 4.79 Å². The standard InChI is InChI=1S/C23H21N3O/c1-16-12-17(2)14-19(13-16)24-22(27)15-26-21-11-7-6-10-20(21)25-23(26)18-8-4-3-5-9-18/h3-14H,15H2,1-2H3,(H,24,27).